The molecule has 5 nitrogen and oxygen atoms in total. The van der Waals surface area contributed by atoms with E-state index in [0.29, 0.717) is 25.1 Å². The molecule has 1 aromatic heterocycles. The van der Waals surface area contributed by atoms with Crippen LogP contribution in [0.25, 0.3) is 5.69 Å². The highest BCUT2D eigenvalue weighted by Crippen LogP contribution is 2.19. The molecule has 1 aliphatic rings. The maximum Gasteiger partial charge on any atom is 0.257 e. The molecule has 1 fully saturated rings. The summed E-state index contributed by atoms with van der Waals surface area (Å²) in [5, 5.41) is 4.31. The molecular formula is C16H20ClFN4O. The molecule has 1 aliphatic heterocycles. The molecule has 0 spiro atoms. The normalized spacial score (nSPS) is 17.2. The summed E-state index contributed by atoms with van der Waals surface area (Å²) < 4.78 is 14.8. The largest absolute Gasteiger partial charge is 0.337 e. The standard InChI is InChI=1S/C16H19FN4O.ClH/c1-2-15-14(16(22)20-8-7-12(18)10-20)9-19-21(15)13-5-3-11(17)4-6-13;/h3-6,9,12H,2,7-8,10,18H2,1H3;1H/t12-;/m1./s1. The van der Waals surface area contributed by atoms with E-state index in [9.17, 15) is 9.18 Å². The van der Waals surface area contributed by atoms with E-state index in [1.165, 1.54) is 12.1 Å². The minimum Gasteiger partial charge on any atom is -0.337 e. The van der Waals surface area contributed by atoms with Gasteiger partial charge >= 0.3 is 0 Å². The van der Waals surface area contributed by atoms with E-state index in [1.807, 2.05) is 6.92 Å². The summed E-state index contributed by atoms with van der Waals surface area (Å²) in [5.74, 6) is -0.325. The van der Waals surface area contributed by atoms with Crippen LogP contribution >= 0.6 is 12.4 Å². The average molecular weight is 339 g/mol. The SMILES string of the molecule is CCc1c(C(=O)N2CC[C@@H](N)C2)cnn1-c1ccc(F)cc1.Cl. The quantitative estimate of drug-likeness (QED) is 0.932. The van der Waals surface area contributed by atoms with Crippen LogP contribution in [0.2, 0.25) is 0 Å². The molecule has 23 heavy (non-hydrogen) atoms. The van der Waals surface area contributed by atoms with Crippen LogP contribution in [0.1, 0.15) is 29.4 Å². The van der Waals surface area contributed by atoms with Crippen LogP contribution in [-0.4, -0.2) is 39.7 Å². The predicted octanol–water partition coefficient (Wildman–Crippen LogP) is 2.17. The Morgan fingerprint density at radius 3 is 2.65 bits per heavy atom. The lowest BCUT2D eigenvalue weighted by atomic mass is 10.1. The molecule has 0 radical (unpaired) electrons. The van der Waals surface area contributed by atoms with Crippen molar-refractivity contribution in [1.29, 1.82) is 0 Å². The van der Waals surface area contributed by atoms with Gasteiger partial charge in [-0.15, -0.1) is 12.4 Å². The van der Waals surface area contributed by atoms with Crippen LogP contribution in [0.4, 0.5) is 4.39 Å². The van der Waals surface area contributed by atoms with E-state index in [-0.39, 0.29) is 30.2 Å². The van der Waals surface area contributed by atoms with Gasteiger partial charge in [0.1, 0.15) is 5.82 Å². The Balaban J connectivity index is 0.00000192. The molecule has 2 aromatic rings. The van der Waals surface area contributed by atoms with Gasteiger partial charge in [0, 0.05) is 19.1 Å². The lowest BCUT2D eigenvalue weighted by Gasteiger charge is -2.16. The molecule has 2 N–H and O–H groups in total. The molecule has 124 valence electrons. The van der Waals surface area contributed by atoms with Gasteiger partial charge in [-0.05, 0) is 37.1 Å². The minimum absolute atomic E-state index is 0. The molecule has 0 bridgehead atoms. The number of likely N-dealkylation sites (tertiary alicyclic amines) is 1. The number of amides is 1. The van der Waals surface area contributed by atoms with Crippen LogP contribution in [0.5, 0.6) is 0 Å². The molecule has 0 saturated carbocycles. The summed E-state index contributed by atoms with van der Waals surface area (Å²) in [5.41, 5.74) is 8.05. The van der Waals surface area contributed by atoms with Gasteiger partial charge in [-0.2, -0.15) is 5.10 Å². The third-order valence-corrected chi connectivity index (χ3v) is 4.02. The Hall–Kier alpha value is -1.92. The number of hydrogen-bond acceptors (Lipinski definition) is 3. The zero-order valence-electron chi connectivity index (χ0n) is 12.9. The predicted molar refractivity (Wildman–Crippen MR) is 88.6 cm³/mol. The number of hydrogen-bond donors (Lipinski definition) is 1. The van der Waals surface area contributed by atoms with E-state index < -0.39 is 0 Å². The third-order valence-electron chi connectivity index (χ3n) is 4.02. The van der Waals surface area contributed by atoms with Crippen molar-refractivity contribution < 1.29 is 9.18 Å². The zero-order chi connectivity index (χ0) is 15.7. The van der Waals surface area contributed by atoms with E-state index in [0.717, 1.165) is 17.8 Å². The number of rotatable bonds is 3. The van der Waals surface area contributed by atoms with Gasteiger partial charge in [-0.25, -0.2) is 9.07 Å². The molecule has 1 amide bonds. The second-order valence-electron chi connectivity index (χ2n) is 5.55. The van der Waals surface area contributed by atoms with Gasteiger partial charge in [0.2, 0.25) is 0 Å². The first-order chi connectivity index (χ1) is 10.6. The molecule has 0 unspecified atom stereocenters. The zero-order valence-corrected chi connectivity index (χ0v) is 13.7. The second kappa shape index (κ2) is 7.10. The first-order valence-corrected chi connectivity index (χ1v) is 7.48. The Morgan fingerprint density at radius 1 is 1.39 bits per heavy atom. The van der Waals surface area contributed by atoms with E-state index in [1.54, 1.807) is 27.9 Å². The summed E-state index contributed by atoms with van der Waals surface area (Å²) in [4.78, 5) is 14.4. The van der Waals surface area contributed by atoms with Gasteiger partial charge in [0.05, 0.1) is 23.1 Å². The first-order valence-electron chi connectivity index (χ1n) is 7.48. The summed E-state index contributed by atoms with van der Waals surface area (Å²) in [6, 6.07) is 6.14. The Labute approximate surface area is 140 Å². The highest BCUT2D eigenvalue weighted by Gasteiger charge is 2.27. The maximum absolute atomic E-state index is 13.1. The van der Waals surface area contributed by atoms with Crippen LogP contribution in [-0.2, 0) is 6.42 Å². The lowest BCUT2D eigenvalue weighted by Crippen LogP contribution is -2.32. The molecular weight excluding hydrogens is 319 g/mol. The Bertz CT molecular complexity index is 686. The third kappa shape index (κ3) is 3.38. The van der Waals surface area contributed by atoms with Gasteiger partial charge in [0.15, 0.2) is 0 Å². The molecule has 1 saturated heterocycles. The minimum atomic E-state index is -0.295. The summed E-state index contributed by atoms with van der Waals surface area (Å²) >= 11 is 0. The number of halogens is 2. The van der Waals surface area contributed by atoms with E-state index in [4.69, 9.17) is 5.73 Å². The molecule has 0 aliphatic carbocycles. The topological polar surface area (TPSA) is 64.2 Å². The van der Waals surface area contributed by atoms with Gasteiger partial charge < -0.3 is 10.6 Å². The highest BCUT2D eigenvalue weighted by molar-refractivity contribution is 5.95. The van der Waals surface area contributed by atoms with Crippen LogP contribution < -0.4 is 5.73 Å². The van der Waals surface area contributed by atoms with Crippen molar-refractivity contribution >= 4 is 18.3 Å². The second-order valence-corrected chi connectivity index (χ2v) is 5.55. The van der Waals surface area contributed by atoms with Crippen molar-refractivity contribution in [3.63, 3.8) is 0 Å². The smallest absolute Gasteiger partial charge is 0.257 e. The number of carbonyl (C=O) groups excluding carboxylic acids is 1. The monoisotopic (exact) mass is 338 g/mol. The van der Waals surface area contributed by atoms with Gasteiger partial charge in [0.25, 0.3) is 5.91 Å². The van der Waals surface area contributed by atoms with Crippen molar-refractivity contribution in [2.24, 2.45) is 5.73 Å². The highest BCUT2D eigenvalue weighted by atomic mass is 35.5. The molecule has 3 rings (SSSR count). The van der Waals surface area contributed by atoms with Crippen LogP contribution in [0.3, 0.4) is 0 Å². The maximum atomic E-state index is 13.1. The molecule has 7 heteroatoms. The van der Waals surface area contributed by atoms with Crippen molar-refractivity contribution in [3.05, 3.63) is 47.5 Å². The fourth-order valence-corrected chi connectivity index (χ4v) is 2.84. The number of carbonyl (C=O) groups is 1. The number of nitrogens with two attached hydrogens (primary N) is 1. The van der Waals surface area contributed by atoms with E-state index >= 15 is 0 Å². The summed E-state index contributed by atoms with van der Waals surface area (Å²) in [7, 11) is 0. The average Bonchev–Trinajstić information content (AvgIpc) is 3.13. The van der Waals surface area contributed by atoms with Crippen molar-refractivity contribution in [3.8, 4) is 5.69 Å². The number of nitrogens with zero attached hydrogens (tertiary/aromatic N) is 3. The van der Waals surface area contributed by atoms with Gasteiger partial charge in [-0.1, -0.05) is 6.92 Å². The molecule has 1 aromatic carbocycles. The van der Waals surface area contributed by atoms with Crippen LogP contribution in [0, 0.1) is 5.82 Å². The first kappa shape index (κ1) is 17.4. The fraction of sp³-hybridized carbons (Fsp3) is 0.375. The van der Waals surface area contributed by atoms with Crippen molar-refractivity contribution in [1.82, 2.24) is 14.7 Å². The summed E-state index contributed by atoms with van der Waals surface area (Å²) in [6.07, 6.45) is 3.09. The van der Waals surface area contributed by atoms with Crippen molar-refractivity contribution in [2.45, 2.75) is 25.8 Å². The molecule has 2 heterocycles. The number of aromatic nitrogens is 2. The van der Waals surface area contributed by atoms with Crippen LogP contribution in [0.15, 0.2) is 30.5 Å². The number of benzene rings is 1. The van der Waals surface area contributed by atoms with E-state index in [2.05, 4.69) is 5.10 Å². The Kier molecular flexibility index (Phi) is 5.38. The summed E-state index contributed by atoms with van der Waals surface area (Å²) in [6.45, 7) is 3.25. The van der Waals surface area contributed by atoms with Crippen molar-refractivity contribution in [2.75, 3.05) is 13.1 Å². The Morgan fingerprint density at radius 2 is 2.09 bits per heavy atom. The van der Waals surface area contributed by atoms with Gasteiger partial charge in [-0.3, -0.25) is 4.79 Å². The fourth-order valence-electron chi connectivity index (χ4n) is 2.84. The molecule has 1 atom stereocenters. The lowest BCUT2D eigenvalue weighted by molar-refractivity contribution is 0.0790.